The highest BCUT2D eigenvalue weighted by atomic mass is 16.2. The van der Waals surface area contributed by atoms with Gasteiger partial charge in [-0.3, -0.25) is 9.59 Å². The Hall–Kier alpha value is -3.61. The molecule has 3 heterocycles. The maximum Gasteiger partial charge on any atom is 0.255 e. The molecule has 2 aliphatic rings. The van der Waals surface area contributed by atoms with E-state index >= 15 is 0 Å². The second-order valence-electron chi connectivity index (χ2n) is 7.47. The summed E-state index contributed by atoms with van der Waals surface area (Å²) in [7, 11) is 0. The van der Waals surface area contributed by atoms with Gasteiger partial charge in [0.2, 0.25) is 5.91 Å². The van der Waals surface area contributed by atoms with Gasteiger partial charge in [-0.2, -0.15) is 5.10 Å². The molecule has 2 aromatic carbocycles. The molecule has 1 aromatic heterocycles. The summed E-state index contributed by atoms with van der Waals surface area (Å²) in [6.07, 6.45) is 2.18. The average Bonchev–Trinajstić information content (AvgIpc) is 3.33. The van der Waals surface area contributed by atoms with Crippen LogP contribution in [0.4, 0.5) is 11.4 Å². The van der Waals surface area contributed by atoms with E-state index < -0.39 is 0 Å². The van der Waals surface area contributed by atoms with Crippen molar-refractivity contribution in [1.82, 2.24) is 15.1 Å². The van der Waals surface area contributed by atoms with Crippen LogP contribution in [0.25, 0.3) is 5.69 Å². The number of hydrogen-bond donors (Lipinski definition) is 2. The van der Waals surface area contributed by atoms with Crippen LogP contribution < -0.4 is 15.5 Å². The molecule has 7 heteroatoms. The van der Waals surface area contributed by atoms with Gasteiger partial charge in [0.25, 0.3) is 5.91 Å². The van der Waals surface area contributed by atoms with Crippen molar-refractivity contribution in [3.05, 3.63) is 72.1 Å². The van der Waals surface area contributed by atoms with Crippen molar-refractivity contribution in [3.63, 3.8) is 0 Å². The number of nitrogens with one attached hydrogen (secondary N) is 2. The Morgan fingerprint density at radius 1 is 1.14 bits per heavy atom. The molecule has 3 aromatic rings. The number of carbonyl (C=O) groups is 2. The van der Waals surface area contributed by atoms with Gasteiger partial charge in [-0.1, -0.05) is 30.3 Å². The van der Waals surface area contributed by atoms with Crippen LogP contribution in [0.15, 0.2) is 60.8 Å². The Morgan fingerprint density at radius 3 is 2.72 bits per heavy atom. The summed E-state index contributed by atoms with van der Waals surface area (Å²) in [4.78, 5) is 27.5. The first-order chi connectivity index (χ1) is 14.1. The van der Waals surface area contributed by atoms with Crippen molar-refractivity contribution in [2.45, 2.75) is 25.4 Å². The number of amides is 2. The molecule has 0 radical (unpaired) electrons. The number of fused-ring (bicyclic) bond motifs is 3. The molecule has 2 unspecified atom stereocenters. The molecular formula is C22H21N5O2. The molecule has 2 N–H and O–H groups in total. The molecule has 1 saturated heterocycles. The Morgan fingerprint density at radius 2 is 1.90 bits per heavy atom. The van der Waals surface area contributed by atoms with Crippen LogP contribution in [0, 0.1) is 6.92 Å². The van der Waals surface area contributed by atoms with E-state index in [0.717, 1.165) is 22.8 Å². The largest absolute Gasteiger partial charge is 0.356 e. The number of para-hydroxylation sites is 3. The van der Waals surface area contributed by atoms with Gasteiger partial charge >= 0.3 is 0 Å². The van der Waals surface area contributed by atoms with Crippen molar-refractivity contribution in [1.29, 1.82) is 0 Å². The number of aromatic nitrogens is 2. The maximum absolute atomic E-state index is 12.9. The maximum atomic E-state index is 12.9. The molecule has 2 aliphatic heterocycles. The molecular weight excluding hydrogens is 366 g/mol. The highest BCUT2D eigenvalue weighted by Gasteiger charge is 2.41. The van der Waals surface area contributed by atoms with Crippen LogP contribution in [0.5, 0.6) is 0 Å². The van der Waals surface area contributed by atoms with E-state index in [2.05, 4.69) is 20.6 Å². The predicted molar refractivity (Wildman–Crippen MR) is 110 cm³/mol. The number of carbonyl (C=O) groups excluding carboxylic acids is 2. The summed E-state index contributed by atoms with van der Waals surface area (Å²) < 4.78 is 1.76. The third-order valence-corrected chi connectivity index (χ3v) is 5.67. The van der Waals surface area contributed by atoms with E-state index in [0.29, 0.717) is 18.5 Å². The van der Waals surface area contributed by atoms with Gasteiger partial charge in [-0.05, 0) is 37.6 Å². The number of nitrogens with zero attached hydrogens (tertiary/aromatic N) is 3. The van der Waals surface area contributed by atoms with Crippen molar-refractivity contribution >= 4 is 23.2 Å². The monoisotopic (exact) mass is 387 g/mol. The van der Waals surface area contributed by atoms with E-state index in [1.807, 2.05) is 61.5 Å². The van der Waals surface area contributed by atoms with Gasteiger partial charge in [0.15, 0.2) is 0 Å². The van der Waals surface area contributed by atoms with Crippen molar-refractivity contribution in [2.24, 2.45) is 0 Å². The van der Waals surface area contributed by atoms with Crippen LogP contribution in [0.1, 0.15) is 22.5 Å². The molecule has 0 spiro atoms. The van der Waals surface area contributed by atoms with Gasteiger partial charge in [0.1, 0.15) is 6.04 Å². The summed E-state index contributed by atoms with van der Waals surface area (Å²) in [6, 6.07) is 17.1. The van der Waals surface area contributed by atoms with Gasteiger partial charge in [0, 0.05) is 12.6 Å². The van der Waals surface area contributed by atoms with Crippen LogP contribution in [-0.2, 0) is 4.79 Å². The lowest BCUT2D eigenvalue weighted by Gasteiger charge is -2.32. The molecule has 7 nitrogen and oxygen atoms in total. The Labute approximate surface area is 168 Å². The molecule has 0 bridgehead atoms. The fraction of sp³-hybridized carbons (Fsp3) is 0.227. The fourth-order valence-corrected chi connectivity index (χ4v) is 4.23. The zero-order valence-corrected chi connectivity index (χ0v) is 16.0. The lowest BCUT2D eigenvalue weighted by molar-refractivity contribution is -0.117. The summed E-state index contributed by atoms with van der Waals surface area (Å²) in [5.74, 6) is -0.184. The fourth-order valence-electron chi connectivity index (χ4n) is 4.23. The Kier molecular flexibility index (Phi) is 4.08. The molecule has 1 fully saturated rings. The SMILES string of the molecule is Cc1c(C(=O)NC2CC3C(=O)Nc4ccccc4N3C2)cnn1-c1ccccc1. The first-order valence-electron chi connectivity index (χ1n) is 9.69. The molecule has 2 amide bonds. The quantitative estimate of drug-likeness (QED) is 0.724. The number of hydrogen-bond acceptors (Lipinski definition) is 4. The summed E-state index contributed by atoms with van der Waals surface area (Å²) in [6.45, 7) is 2.49. The lowest BCUT2D eigenvalue weighted by Crippen LogP contribution is -2.44. The summed E-state index contributed by atoms with van der Waals surface area (Å²) in [5.41, 5.74) is 4.06. The minimum atomic E-state index is -0.261. The molecule has 0 aliphatic carbocycles. The minimum Gasteiger partial charge on any atom is -0.356 e. The minimum absolute atomic E-state index is 0.0199. The van der Waals surface area contributed by atoms with Gasteiger partial charge in [0.05, 0.1) is 34.5 Å². The zero-order valence-electron chi connectivity index (χ0n) is 16.0. The number of benzene rings is 2. The third kappa shape index (κ3) is 2.95. The van der Waals surface area contributed by atoms with Crippen LogP contribution >= 0.6 is 0 Å². The molecule has 146 valence electrons. The van der Waals surface area contributed by atoms with Gasteiger partial charge in [-0.15, -0.1) is 0 Å². The number of anilines is 2. The van der Waals surface area contributed by atoms with Crippen molar-refractivity contribution in [2.75, 3.05) is 16.8 Å². The third-order valence-electron chi connectivity index (χ3n) is 5.67. The first kappa shape index (κ1) is 17.5. The van der Waals surface area contributed by atoms with Crippen molar-refractivity contribution in [3.8, 4) is 5.69 Å². The van der Waals surface area contributed by atoms with Crippen LogP contribution in [0.2, 0.25) is 0 Å². The van der Waals surface area contributed by atoms with E-state index in [1.54, 1.807) is 10.9 Å². The topological polar surface area (TPSA) is 79.3 Å². The van der Waals surface area contributed by atoms with Crippen molar-refractivity contribution < 1.29 is 9.59 Å². The smallest absolute Gasteiger partial charge is 0.255 e. The number of rotatable bonds is 3. The van der Waals surface area contributed by atoms with Gasteiger partial charge < -0.3 is 15.5 Å². The highest BCUT2D eigenvalue weighted by molar-refractivity contribution is 6.04. The average molecular weight is 387 g/mol. The lowest BCUT2D eigenvalue weighted by atomic mass is 10.1. The van der Waals surface area contributed by atoms with Gasteiger partial charge in [-0.25, -0.2) is 4.68 Å². The molecule has 5 rings (SSSR count). The van der Waals surface area contributed by atoms with E-state index in [4.69, 9.17) is 0 Å². The van der Waals surface area contributed by atoms with E-state index in [-0.39, 0.29) is 23.9 Å². The zero-order chi connectivity index (χ0) is 20.0. The standard InChI is InChI=1S/C22H21N5O2/c1-14-17(12-23-27(14)16-7-3-2-4-8-16)21(28)24-15-11-20-22(29)25-18-9-5-6-10-19(18)26(20)13-15/h2-10,12,15,20H,11,13H2,1H3,(H,24,28)(H,25,29). The Balaban J connectivity index is 1.34. The first-order valence-corrected chi connectivity index (χ1v) is 9.69. The van der Waals surface area contributed by atoms with Crippen LogP contribution in [-0.4, -0.2) is 40.2 Å². The predicted octanol–water partition coefficient (Wildman–Crippen LogP) is 2.51. The van der Waals surface area contributed by atoms with E-state index in [9.17, 15) is 9.59 Å². The normalized spacial score (nSPS) is 20.0. The van der Waals surface area contributed by atoms with E-state index in [1.165, 1.54) is 0 Å². The van der Waals surface area contributed by atoms with Crippen LogP contribution in [0.3, 0.4) is 0 Å². The summed E-state index contributed by atoms with van der Waals surface area (Å²) >= 11 is 0. The molecule has 0 saturated carbocycles. The molecule has 2 atom stereocenters. The second kappa shape index (κ2) is 6.77. The summed E-state index contributed by atoms with van der Waals surface area (Å²) in [5, 5.41) is 10.4. The second-order valence-corrected chi connectivity index (χ2v) is 7.47. The molecule has 29 heavy (non-hydrogen) atoms. The highest BCUT2D eigenvalue weighted by Crippen LogP contribution is 2.36. The Bertz CT molecular complexity index is 1090.